The van der Waals surface area contributed by atoms with E-state index in [1.54, 1.807) is 30.5 Å². The maximum Gasteiger partial charge on any atom is 0.257 e. The number of nitrogens with zero attached hydrogens (tertiary/aromatic N) is 1. The van der Waals surface area contributed by atoms with E-state index in [-0.39, 0.29) is 5.91 Å². The van der Waals surface area contributed by atoms with Crippen molar-refractivity contribution in [1.29, 1.82) is 0 Å². The molecule has 1 aromatic heterocycles. The Balaban J connectivity index is 1.57. The van der Waals surface area contributed by atoms with Gasteiger partial charge in [0.25, 0.3) is 5.91 Å². The van der Waals surface area contributed by atoms with E-state index in [4.69, 9.17) is 0 Å². The highest BCUT2D eigenvalue weighted by Crippen LogP contribution is 2.31. The molecular formula is C21H16N2O2S2. The molecule has 0 aliphatic rings. The molecule has 4 aromatic rings. The summed E-state index contributed by atoms with van der Waals surface area (Å²) < 4.78 is 11.5. The molecule has 3 aromatic carbocycles. The van der Waals surface area contributed by atoms with E-state index in [9.17, 15) is 9.00 Å². The number of aromatic nitrogens is 1. The predicted molar refractivity (Wildman–Crippen MR) is 112 cm³/mol. The lowest BCUT2D eigenvalue weighted by Crippen LogP contribution is -2.11. The zero-order valence-electron chi connectivity index (χ0n) is 14.5. The van der Waals surface area contributed by atoms with Gasteiger partial charge in [-0.25, -0.2) is 4.98 Å². The minimum absolute atomic E-state index is 0.234. The molecule has 0 saturated carbocycles. The number of thiazole rings is 1. The summed E-state index contributed by atoms with van der Waals surface area (Å²) in [4.78, 5) is 17.7. The number of carbonyl (C=O) groups excluding carboxylic acids is 1. The number of benzene rings is 3. The first-order valence-corrected chi connectivity index (χ1v) is 10.7. The first kappa shape index (κ1) is 17.6. The van der Waals surface area contributed by atoms with E-state index >= 15 is 0 Å². The van der Waals surface area contributed by atoms with Crippen LogP contribution in [0, 0.1) is 0 Å². The highest BCUT2D eigenvalue weighted by molar-refractivity contribution is 7.84. The second-order valence-electron chi connectivity index (χ2n) is 6.00. The number of anilines is 1. The Kier molecular flexibility index (Phi) is 4.83. The molecular weight excluding hydrogens is 376 g/mol. The van der Waals surface area contributed by atoms with Gasteiger partial charge in [-0.1, -0.05) is 42.5 Å². The molecule has 1 N–H and O–H groups in total. The highest BCUT2D eigenvalue weighted by Gasteiger charge is 2.12. The van der Waals surface area contributed by atoms with Crippen LogP contribution in [-0.2, 0) is 10.8 Å². The lowest BCUT2D eigenvalue weighted by Gasteiger charge is -2.04. The van der Waals surface area contributed by atoms with Crippen LogP contribution < -0.4 is 5.32 Å². The molecule has 4 rings (SSSR count). The smallest absolute Gasteiger partial charge is 0.257 e. The van der Waals surface area contributed by atoms with Crippen LogP contribution in [0.1, 0.15) is 10.4 Å². The van der Waals surface area contributed by atoms with Crippen molar-refractivity contribution in [3.8, 4) is 11.3 Å². The van der Waals surface area contributed by atoms with Crippen LogP contribution >= 0.6 is 11.3 Å². The van der Waals surface area contributed by atoms with E-state index in [1.165, 1.54) is 11.3 Å². The van der Waals surface area contributed by atoms with Crippen molar-refractivity contribution in [2.75, 3.05) is 11.6 Å². The van der Waals surface area contributed by atoms with E-state index in [0.29, 0.717) is 15.6 Å². The fourth-order valence-corrected chi connectivity index (χ4v) is 4.10. The van der Waals surface area contributed by atoms with Crippen LogP contribution in [0.4, 0.5) is 5.13 Å². The summed E-state index contributed by atoms with van der Waals surface area (Å²) in [6.07, 6.45) is 1.61. The molecule has 0 radical (unpaired) electrons. The topological polar surface area (TPSA) is 59.1 Å². The number of fused-ring (bicyclic) bond motifs is 1. The van der Waals surface area contributed by atoms with E-state index < -0.39 is 10.8 Å². The molecule has 0 saturated heterocycles. The standard InChI is InChI=1S/C21H16N2O2S2/c1-27(25)16-11-9-15(10-12-16)20(24)23-21-22-19(13-26-21)18-8-4-6-14-5-2-3-7-17(14)18/h2-13H,1H3,(H,22,23,24)/t27-/m1/s1. The van der Waals surface area contributed by atoms with Gasteiger partial charge >= 0.3 is 0 Å². The number of hydrogen-bond acceptors (Lipinski definition) is 4. The molecule has 0 bridgehead atoms. The minimum atomic E-state index is -1.06. The molecule has 6 heteroatoms. The van der Waals surface area contributed by atoms with Gasteiger partial charge in [0.15, 0.2) is 5.13 Å². The SMILES string of the molecule is C[S@@](=O)c1ccc(C(=O)Nc2nc(-c3cccc4ccccc34)cs2)cc1. The van der Waals surface area contributed by atoms with Crippen molar-refractivity contribution in [2.45, 2.75) is 4.90 Å². The average Bonchev–Trinajstić information content (AvgIpc) is 3.15. The number of rotatable bonds is 4. The molecule has 4 nitrogen and oxygen atoms in total. The van der Waals surface area contributed by atoms with Gasteiger partial charge in [0.2, 0.25) is 0 Å². The monoisotopic (exact) mass is 392 g/mol. The van der Waals surface area contributed by atoms with Crippen LogP contribution in [0.5, 0.6) is 0 Å². The van der Waals surface area contributed by atoms with Crippen LogP contribution in [0.3, 0.4) is 0 Å². The molecule has 27 heavy (non-hydrogen) atoms. The van der Waals surface area contributed by atoms with E-state index in [0.717, 1.165) is 22.0 Å². The molecule has 0 aliphatic carbocycles. The van der Waals surface area contributed by atoms with Gasteiger partial charge < -0.3 is 0 Å². The zero-order chi connectivity index (χ0) is 18.8. The quantitative estimate of drug-likeness (QED) is 0.534. The van der Waals surface area contributed by atoms with Gasteiger partial charge in [-0.15, -0.1) is 11.3 Å². The Hall–Kier alpha value is -2.83. The molecule has 0 aliphatic heterocycles. The lowest BCUT2D eigenvalue weighted by molar-refractivity contribution is 0.102. The van der Waals surface area contributed by atoms with Gasteiger partial charge in [-0.2, -0.15) is 0 Å². The van der Waals surface area contributed by atoms with Crippen LogP contribution in [0.15, 0.2) is 77.0 Å². The summed E-state index contributed by atoms with van der Waals surface area (Å²) in [7, 11) is -1.06. The Morgan fingerprint density at radius 3 is 2.52 bits per heavy atom. The van der Waals surface area contributed by atoms with Crippen LogP contribution in [0.2, 0.25) is 0 Å². The van der Waals surface area contributed by atoms with Gasteiger partial charge in [-0.05, 0) is 35.0 Å². The average molecular weight is 393 g/mol. The van der Waals surface area contributed by atoms with Crippen molar-refractivity contribution in [2.24, 2.45) is 0 Å². The van der Waals surface area contributed by atoms with Crippen molar-refractivity contribution in [3.63, 3.8) is 0 Å². The van der Waals surface area contributed by atoms with E-state index in [1.807, 2.05) is 29.6 Å². The third-order valence-electron chi connectivity index (χ3n) is 4.24. The molecule has 0 spiro atoms. The Labute approximate surface area is 163 Å². The van der Waals surface area contributed by atoms with Gasteiger partial charge in [0.05, 0.1) is 5.69 Å². The summed E-state index contributed by atoms with van der Waals surface area (Å²) in [5.41, 5.74) is 2.38. The van der Waals surface area contributed by atoms with Gasteiger partial charge in [-0.3, -0.25) is 14.3 Å². The first-order chi connectivity index (χ1) is 13.1. The maximum atomic E-state index is 12.4. The molecule has 1 heterocycles. The number of hydrogen-bond donors (Lipinski definition) is 1. The second-order valence-corrected chi connectivity index (χ2v) is 8.23. The van der Waals surface area contributed by atoms with E-state index in [2.05, 4.69) is 28.5 Å². The minimum Gasteiger partial charge on any atom is -0.298 e. The van der Waals surface area contributed by atoms with Crippen LogP contribution in [-0.4, -0.2) is 21.4 Å². The largest absolute Gasteiger partial charge is 0.298 e. The normalized spacial score (nSPS) is 12.0. The third kappa shape index (κ3) is 3.67. The Morgan fingerprint density at radius 1 is 1.00 bits per heavy atom. The second kappa shape index (κ2) is 7.42. The summed E-state index contributed by atoms with van der Waals surface area (Å²) in [5.74, 6) is -0.234. The number of nitrogens with one attached hydrogen (secondary N) is 1. The number of carbonyl (C=O) groups is 1. The summed E-state index contributed by atoms with van der Waals surface area (Å²) in [6, 6.07) is 21.0. The van der Waals surface area contributed by atoms with Gasteiger partial charge in [0, 0.05) is 38.5 Å². The Bertz CT molecular complexity index is 1150. The van der Waals surface area contributed by atoms with Crippen molar-refractivity contribution in [1.82, 2.24) is 4.98 Å². The fourth-order valence-electron chi connectivity index (χ4n) is 2.87. The molecule has 1 atom stereocenters. The number of amides is 1. The van der Waals surface area contributed by atoms with Crippen LogP contribution in [0.25, 0.3) is 22.0 Å². The fraction of sp³-hybridized carbons (Fsp3) is 0.0476. The van der Waals surface area contributed by atoms with Gasteiger partial charge in [0.1, 0.15) is 0 Å². The predicted octanol–water partition coefficient (Wildman–Crippen LogP) is 4.95. The molecule has 134 valence electrons. The van der Waals surface area contributed by atoms with Crippen molar-refractivity contribution in [3.05, 3.63) is 77.7 Å². The summed E-state index contributed by atoms with van der Waals surface area (Å²) >= 11 is 1.39. The molecule has 0 fully saturated rings. The first-order valence-electron chi connectivity index (χ1n) is 8.30. The summed E-state index contributed by atoms with van der Waals surface area (Å²) in [6.45, 7) is 0. The Morgan fingerprint density at radius 2 is 1.74 bits per heavy atom. The van der Waals surface area contributed by atoms with Crippen molar-refractivity contribution >= 4 is 43.9 Å². The molecule has 0 unspecified atom stereocenters. The highest BCUT2D eigenvalue weighted by atomic mass is 32.2. The molecule has 1 amide bonds. The van der Waals surface area contributed by atoms with Crippen molar-refractivity contribution < 1.29 is 9.00 Å². The summed E-state index contributed by atoms with van der Waals surface area (Å²) in [5, 5.41) is 7.62. The third-order valence-corrected chi connectivity index (χ3v) is 5.93. The maximum absolute atomic E-state index is 12.4. The zero-order valence-corrected chi connectivity index (χ0v) is 16.1. The lowest BCUT2D eigenvalue weighted by atomic mass is 10.0.